The van der Waals surface area contributed by atoms with Crippen LogP contribution in [0, 0.1) is 11.6 Å². The highest BCUT2D eigenvalue weighted by Crippen LogP contribution is 2.22. The van der Waals surface area contributed by atoms with E-state index in [0.717, 1.165) is 18.2 Å². The Hall–Kier alpha value is -2.73. The first-order valence-electron chi connectivity index (χ1n) is 6.79. The highest BCUT2D eigenvalue weighted by Gasteiger charge is 2.08. The monoisotopic (exact) mass is 351 g/mol. The maximum atomic E-state index is 13.0. The molecule has 0 saturated carbocycles. The minimum atomic E-state index is -0.764. The molecule has 1 N–H and O–H groups in total. The molecule has 0 spiro atoms. The van der Waals surface area contributed by atoms with Crippen molar-refractivity contribution in [3.8, 4) is 0 Å². The fraction of sp³-hybridized carbons (Fsp3) is 0.0588. The van der Waals surface area contributed by atoms with Crippen molar-refractivity contribution >= 4 is 35.2 Å². The van der Waals surface area contributed by atoms with Crippen LogP contribution in [0.15, 0.2) is 48.5 Å². The molecule has 0 fully saturated rings. The van der Waals surface area contributed by atoms with Gasteiger partial charge in [0.15, 0.2) is 6.61 Å². The molecule has 0 heterocycles. The minimum absolute atomic E-state index is 0.0284. The molecule has 0 atom stereocenters. The normalized spacial score (nSPS) is 10.6. The third-order valence-corrected chi connectivity index (χ3v) is 3.12. The van der Waals surface area contributed by atoms with Crippen LogP contribution in [0.1, 0.15) is 5.56 Å². The van der Waals surface area contributed by atoms with E-state index in [9.17, 15) is 18.4 Å². The van der Waals surface area contributed by atoms with Crippen molar-refractivity contribution in [2.75, 3.05) is 11.9 Å². The van der Waals surface area contributed by atoms with Crippen molar-refractivity contribution in [3.05, 3.63) is 70.8 Å². The third kappa shape index (κ3) is 5.48. The Balaban J connectivity index is 1.83. The Morgan fingerprint density at radius 3 is 2.58 bits per heavy atom. The predicted octanol–water partition coefficient (Wildman–Crippen LogP) is 3.81. The van der Waals surface area contributed by atoms with Gasteiger partial charge in [-0.3, -0.25) is 4.79 Å². The Morgan fingerprint density at radius 1 is 1.12 bits per heavy atom. The first-order valence-corrected chi connectivity index (χ1v) is 7.17. The summed E-state index contributed by atoms with van der Waals surface area (Å²) in [4.78, 5) is 23.2. The number of hydrogen-bond acceptors (Lipinski definition) is 3. The first kappa shape index (κ1) is 17.6. The number of carbonyl (C=O) groups excluding carboxylic acids is 2. The molecule has 0 saturated heterocycles. The van der Waals surface area contributed by atoms with Crippen molar-refractivity contribution in [1.82, 2.24) is 0 Å². The van der Waals surface area contributed by atoms with Gasteiger partial charge in [-0.25, -0.2) is 13.6 Å². The number of hydrogen-bond donors (Lipinski definition) is 1. The third-order valence-electron chi connectivity index (χ3n) is 2.81. The quantitative estimate of drug-likeness (QED) is 0.658. The van der Waals surface area contributed by atoms with Crippen LogP contribution in [0.5, 0.6) is 0 Å². The molecular formula is C17H12ClF2NO3. The van der Waals surface area contributed by atoms with Crippen LogP contribution < -0.4 is 5.32 Å². The largest absolute Gasteiger partial charge is 0.452 e. The van der Waals surface area contributed by atoms with E-state index in [0.29, 0.717) is 5.56 Å². The van der Waals surface area contributed by atoms with Crippen molar-refractivity contribution in [3.63, 3.8) is 0 Å². The van der Waals surface area contributed by atoms with Crippen molar-refractivity contribution < 1.29 is 23.1 Å². The number of anilines is 1. The summed E-state index contributed by atoms with van der Waals surface area (Å²) >= 11 is 5.76. The lowest BCUT2D eigenvalue weighted by Gasteiger charge is -2.07. The second kappa shape index (κ2) is 8.21. The summed E-state index contributed by atoms with van der Waals surface area (Å²) in [7, 11) is 0. The Kier molecular flexibility index (Phi) is 6.03. The van der Waals surface area contributed by atoms with E-state index in [-0.39, 0.29) is 10.7 Å². The fourth-order valence-electron chi connectivity index (χ4n) is 1.74. The molecule has 7 heteroatoms. The number of benzene rings is 2. The van der Waals surface area contributed by atoms with Crippen molar-refractivity contribution in [1.29, 1.82) is 0 Å². The summed E-state index contributed by atoms with van der Waals surface area (Å²) in [6.07, 6.45) is 2.44. The van der Waals surface area contributed by atoms with Gasteiger partial charge in [-0.05, 0) is 42.0 Å². The van der Waals surface area contributed by atoms with Gasteiger partial charge in [0, 0.05) is 6.08 Å². The molecule has 124 valence electrons. The van der Waals surface area contributed by atoms with Gasteiger partial charge in [0.25, 0.3) is 5.91 Å². The number of amides is 1. The fourth-order valence-corrected chi connectivity index (χ4v) is 1.95. The van der Waals surface area contributed by atoms with Crippen LogP contribution in [-0.4, -0.2) is 18.5 Å². The summed E-state index contributed by atoms with van der Waals surface area (Å²) in [6.45, 7) is -0.542. The van der Waals surface area contributed by atoms with E-state index in [1.54, 1.807) is 6.07 Å². The van der Waals surface area contributed by atoms with Crippen LogP contribution in [0.25, 0.3) is 6.08 Å². The average molecular weight is 352 g/mol. The number of nitrogens with one attached hydrogen (secondary N) is 1. The molecule has 0 aliphatic heterocycles. The minimum Gasteiger partial charge on any atom is -0.452 e. The molecular weight excluding hydrogens is 340 g/mol. The Labute approximate surface area is 141 Å². The van der Waals surface area contributed by atoms with Gasteiger partial charge in [0.2, 0.25) is 0 Å². The average Bonchev–Trinajstić information content (AvgIpc) is 2.54. The number of halogens is 3. The molecule has 0 bridgehead atoms. The molecule has 2 rings (SSSR count). The zero-order valence-corrected chi connectivity index (χ0v) is 13.0. The first-order chi connectivity index (χ1) is 11.4. The predicted molar refractivity (Wildman–Crippen MR) is 86.4 cm³/mol. The highest BCUT2D eigenvalue weighted by molar-refractivity contribution is 6.33. The molecule has 2 aromatic rings. The van der Waals surface area contributed by atoms with Crippen LogP contribution in [-0.2, 0) is 14.3 Å². The Bertz CT molecular complexity index is 793. The van der Waals surface area contributed by atoms with Crippen molar-refractivity contribution in [2.45, 2.75) is 0 Å². The van der Waals surface area contributed by atoms with Crippen LogP contribution in [0.3, 0.4) is 0 Å². The van der Waals surface area contributed by atoms with E-state index in [1.165, 1.54) is 30.3 Å². The van der Waals surface area contributed by atoms with Gasteiger partial charge in [0.1, 0.15) is 11.6 Å². The lowest BCUT2D eigenvalue weighted by Crippen LogP contribution is -2.20. The molecule has 0 aliphatic carbocycles. The number of carbonyl (C=O) groups is 2. The SMILES string of the molecule is O=C(COC(=O)/C=C/c1cccc(F)c1)Nc1ccc(F)cc1Cl. The van der Waals surface area contributed by atoms with E-state index >= 15 is 0 Å². The van der Waals surface area contributed by atoms with E-state index in [2.05, 4.69) is 5.32 Å². The van der Waals surface area contributed by atoms with E-state index in [4.69, 9.17) is 16.3 Å². The van der Waals surface area contributed by atoms with Crippen LogP contribution in [0.4, 0.5) is 14.5 Å². The number of ether oxygens (including phenoxy) is 1. The van der Waals surface area contributed by atoms with Crippen LogP contribution >= 0.6 is 11.6 Å². The van der Waals surface area contributed by atoms with Crippen LogP contribution in [0.2, 0.25) is 5.02 Å². The molecule has 4 nitrogen and oxygen atoms in total. The lowest BCUT2D eigenvalue weighted by atomic mass is 10.2. The summed E-state index contributed by atoms with van der Waals surface area (Å²) < 4.78 is 30.6. The number of rotatable bonds is 5. The van der Waals surface area contributed by atoms with Gasteiger partial charge in [-0.1, -0.05) is 23.7 Å². The summed E-state index contributed by atoms with van der Waals surface area (Å²) in [5, 5.41) is 2.41. The molecule has 0 radical (unpaired) electrons. The zero-order chi connectivity index (χ0) is 17.5. The summed E-state index contributed by atoms with van der Waals surface area (Å²) in [5.74, 6) is -2.36. The van der Waals surface area contributed by atoms with Gasteiger partial charge in [-0.2, -0.15) is 0 Å². The molecule has 2 aromatic carbocycles. The summed E-state index contributed by atoms with van der Waals surface area (Å²) in [5.41, 5.74) is 0.684. The molecule has 0 aliphatic rings. The Morgan fingerprint density at radius 2 is 1.88 bits per heavy atom. The zero-order valence-electron chi connectivity index (χ0n) is 12.3. The van der Waals surface area contributed by atoms with Crippen molar-refractivity contribution in [2.24, 2.45) is 0 Å². The van der Waals surface area contributed by atoms with Gasteiger partial charge >= 0.3 is 5.97 Å². The smallest absolute Gasteiger partial charge is 0.331 e. The molecule has 1 amide bonds. The lowest BCUT2D eigenvalue weighted by molar-refractivity contribution is -0.142. The molecule has 0 unspecified atom stereocenters. The maximum absolute atomic E-state index is 13.0. The topological polar surface area (TPSA) is 55.4 Å². The van der Waals surface area contributed by atoms with E-state index in [1.807, 2.05) is 0 Å². The molecule has 0 aromatic heterocycles. The van der Waals surface area contributed by atoms with Gasteiger partial charge in [0.05, 0.1) is 10.7 Å². The summed E-state index contributed by atoms with van der Waals surface area (Å²) in [6, 6.07) is 9.10. The van der Waals surface area contributed by atoms with E-state index < -0.39 is 30.1 Å². The number of esters is 1. The second-order valence-electron chi connectivity index (χ2n) is 4.67. The highest BCUT2D eigenvalue weighted by atomic mass is 35.5. The van der Waals surface area contributed by atoms with Gasteiger partial charge < -0.3 is 10.1 Å². The molecule has 24 heavy (non-hydrogen) atoms. The maximum Gasteiger partial charge on any atom is 0.331 e. The van der Waals surface area contributed by atoms with Gasteiger partial charge in [-0.15, -0.1) is 0 Å². The standard InChI is InChI=1S/C17H12ClF2NO3/c18-14-9-13(20)5-6-15(14)21-16(22)10-24-17(23)7-4-11-2-1-3-12(19)8-11/h1-9H,10H2,(H,21,22)/b7-4+. The second-order valence-corrected chi connectivity index (χ2v) is 5.08.